The van der Waals surface area contributed by atoms with E-state index in [1.165, 1.54) is 11.1 Å². The largest absolute Gasteiger partial charge is 0.294 e. The molecule has 0 heterocycles. The molecule has 0 radical (unpaired) electrons. The van der Waals surface area contributed by atoms with E-state index in [4.69, 9.17) is 5.84 Å². The molecule has 0 saturated heterocycles. The monoisotopic (exact) mass is 232 g/mol. The molecular formula is C14H20N2O. The Labute approximate surface area is 102 Å². The van der Waals surface area contributed by atoms with E-state index in [1.54, 1.807) is 0 Å². The summed E-state index contributed by atoms with van der Waals surface area (Å²) in [5.41, 5.74) is 4.96. The maximum Gasteiger partial charge on any atom is 0.237 e. The van der Waals surface area contributed by atoms with Gasteiger partial charge < -0.3 is 0 Å². The van der Waals surface area contributed by atoms with Gasteiger partial charge in [0, 0.05) is 5.92 Å². The van der Waals surface area contributed by atoms with Crippen LogP contribution in [-0.2, 0) is 10.2 Å². The Morgan fingerprint density at radius 3 is 2.35 bits per heavy atom. The van der Waals surface area contributed by atoms with Crippen molar-refractivity contribution in [1.29, 1.82) is 0 Å². The van der Waals surface area contributed by atoms with Crippen molar-refractivity contribution in [2.75, 3.05) is 0 Å². The number of nitrogens with one attached hydrogen (secondary N) is 1. The van der Waals surface area contributed by atoms with Crippen molar-refractivity contribution < 1.29 is 4.79 Å². The summed E-state index contributed by atoms with van der Waals surface area (Å²) in [6.07, 6.45) is 0.915. The molecule has 1 aromatic carbocycles. The van der Waals surface area contributed by atoms with E-state index in [9.17, 15) is 4.79 Å². The van der Waals surface area contributed by atoms with Crippen LogP contribution in [0, 0.1) is 5.92 Å². The first-order valence-electron chi connectivity index (χ1n) is 6.04. The van der Waals surface area contributed by atoms with Crippen LogP contribution in [0.4, 0.5) is 0 Å². The normalized spacial score (nSPS) is 23.3. The third-order valence-corrected chi connectivity index (χ3v) is 3.47. The first-order chi connectivity index (χ1) is 7.93. The lowest BCUT2D eigenvalue weighted by Gasteiger charge is -2.19. The number of amides is 1. The molecule has 0 bridgehead atoms. The van der Waals surface area contributed by atoms with Gasteiger partial charge >= 0.3 is 0 Å². The fourth-order valence-corrected chi connectivity index (χ4v) is 2.19. The highest BCUT2D eigenvalue weighted by atomic mass is 16.2. The minimum atomic E-state index is -0.0464. The van der Waals surface area contributed by atoms with Crippen LogP contribution in [0.1, 0.15) is 44.2 Å². The Bertz CT molecular complexity index is 417. The molecule has 1 fully saturated rings. The van der Waals surface area contributed by atoms with Gasteiger partial charge in [-0.1, -0.05) is 45.0 Å². The van der Waals surface area contributed by atoms with E-state index in [0.29, 0.717) is 5.92 Å². The number of hydrogen-bond acceptors (Lipinski definition) is 2. The highest BCUT2D eigenvalue weighted by Crippen LogP contribution is 2.47. The van der Waals surface area contributed by atoms with Crippen LogP contribution in [0.15, 0.2) is 24.3 Å². The highest BCUT2D eigenvalue weighted by Gasteiger charge is 2.43. The molecule has 1 aromatic rings. The lowest BCUT2D eigenvalue weighted by atomic mass is 9.86. The molecule has 0 unspecified atom stereocenters. The number of carbonyl (C=O) groups excluding carboxylic acids is 1. The maximum atomic E-state index is 11.3. The van der Waals surface area contributed by atoms with Crippen molar-refractivity contribution in [2.45, 2.75) is 38.5 Å². The van der Waals surface area contributed by atoms with E-state index in [1.807, 2.05) is 0 Å². The predicted molar refractivity (Wildman–Crippen MR) is 68.3 cm³/mol. The molecule has 0 spiro atoms. The molecule has 1 amide bonds. The molecule has 1 aliphatic carbocycles. The van der Waals surface area contributed by atoms with Crippen LogP contribution in [0.5, 0.6) is 0 Å². The second-order valence-corrected chi connectivity index (χ2v) is 5.83. The predicted octanol–water partition coefficient (Wildman–Crippen LogP) is 2.08. The van der Waals surface area contributed by atoms with Crippen LogP contribution in [0.25, 0.3) is 0 Å². The molecule has 17 heavy (non-hydrogen) atoms. The topological polar surface area (TPSA) is 55.1 Å². The van der Waals surface area contributed by atoms with Crippen LogP contribution in [-0.4, -0.2) is 5.91 Å². The molecule has 2 atom stereocenters. The zero-order valence-electron chi connectivity index (χ0n) is 10.7. The van der Waals surface area contributed by atoms with Crippen LogP contribution in [0.2, 0.25) is 0 Å². The summed E-state index contributed by atoms with van der Waals surface area (Å²) in [4.78, 5) is 11.3. The Morgan fingerprint density at radius 1 is 1.29 bits per heavy atom. The molecule has 3 nitrogen and oxygen atoms in total. The first-order valence-corrected chi connectivity index (χ1v) is 6.04. The summed E-state index contributed by atoms with van der Waals surface area (Å²) >= 11 is 0. The SMILES string of the molecule is CC(C)(C)c1ccc([C@H]2C[C@H]2C(=O)NN)cc1. The fraction of sp³-hybridized carbons (Fsp3) is 0.500. The quantitative estimate of drug-likeness (QED) is 0.466. The first kappa shape index (κ1) is 12.1. The summed E-state index contributed by atoms with van der Waals surface area (Å²) in [6.45, 7) is 6.59. The van der Waals surface area contributed by atoms with E-state index in [-0.39, 0.29) is 17.2 Å². The number of nitrogens with two attached hydrogens (primary N) is 1. The van der Waals surface area contributed by atoms with E-state index in [0.717, 1.165) is 6.42 Å². The summed E-state index contributed by atoms with van der Waals surface area (Å²) in [5, 5.41) is 0. The van der Waals surface area contributed by atoms with E-state index in [2.05, 4.69) is 50.5 Å². The average molecular weight is 232 g/mol. The molecule has 0 aliphatic heterocycles. The maximum absolute atomic E-state index is 11.3. The Hall–Kier alpha value is -1.35. The molecular weight excluding hydrogens is 212 g/mol. The van der Waals surface area contributed by atoms with Gasteiger partial charge in [0.25, 0.3) is 0 Å². The molecule has 1 aliphatic rings. The van der Waals surface area contributed by atoms with Crippen LogP contribution < -0.4 is 11.3 Å². The molecule has 3 N–H and O–H groups in total. The zero-order valence-corrected chi connectivity index (χ0v) is 10.7. The van der Waals surface area contributed by atoms with Crippen molar-refractivity contribution in [1.82, 2.24) is 5.43 Å². The number of benzene rings is 1. The Morgan fingerprint density at radius 2 is 1.88 bits per heavy atom. The average Bonchev–Trinajstić information content (AvgIpc) is 3.07. The number of rotatable bonds is 2. The van der Waals surface area contributed by atoms with Gasteiger partial charge in [0.2, 0.25) is 5.91 Å². The Balaban J connectivity index is 2.08. The number of hydrazine groups is 1. The highest BCUT2D eigenvalue weighted by molar-refractivity contribution is 5.82. The van der Waals surface area contributed by atoms with Gasteiger partial charge in [0.15, 0.2) is 0 Å². The smallest absolute Gasteiger partial charge is 0.237 e. The van der Waals surface area contributed by atoms with Crippen molar-refractivity contribution in [2.24, 2.45) is 11.8 Å². The molecule has 3 heteroatoms. The van der Waals surface area contributed by atoms with Gasteiger partial charge in [0.1, 0.15) is 0 Å². The molecule has 92 valence electrons. The van der Waals surface area contributed by atoms with Crippen molar-refractivity contribution in [3.63, 3.8) is 0 Å². The fourth-order valence-electron chi connectivity index (χ4n) is 2.19. The third-order valence-electron chi connectivity index (χ3n) is 3.47. The second kappa shape index (κ2) is 4.15. The third kappa shape index (κ3) is 2.50. The van der Waals surface area contributed by atoms with E-state index >= 15 is 0 Å². The van der Waals surface area contributed by atoms with Gasteiger partial charge in [-0.25, -0.2) is 5.84 Å². The van der Waals surface area contributed by atoms with Gasteiger partial charge in [-0.2, -0.15) is 0 Å². The summed E-state index contributed by atoms with van der Waals surface area (Å²) in [7, 11) is 0. The summed E-state index contributed by atoms with van der Waals surface area (Å²) < 4.78 is 0. The van der Waals surface area contributed by atoms with Gasteiger partial charge in [0.05, 0.1) is 0 Å². The standard InChI is InChI=1S/C14H20N2O/c1-14(2,3)10-6-4-9(5-7-10)11-8-12(11)13(17)16-15/h4-7,11-12H,8,15H2,1-3H3,(H,16,17)/t11-,12-/m1/s1. The van der Waals surface area contributed by atoms with E-state index < -0.39 is 0 Å². The van der Waals surface area contributed by atoms with Crippen LogP contribution >= 0.6 is 0 Å². The lowest BCUT2D eigenvalue weighted by molar-refractivity contribution is -0.122. The van der Waals surface area contributed by atoms with Crippen molar-refractivity contribution in [3.8, 4) is 0 Å². The van der Waals surface area contributed by atoms with Crippen LogP contribution in [0.3, 0.4) is 0 Å². The van der Waals surface area contributed by atoms with Crippen molar-refractivity contribution >= 4 is 5.91 Å². The van der Waals surface area contributed by atoms with Crippen molar-refractivity contribution in [3.05, 3.63) is 35.4 Å². The summed E-state index contributed by atoms with van der Waals surface area (Å²) in [5.74, 6) is 5.51. The second-order valence-electron chi connectivity index (χ2n) is 5.83. The number of hydrogen-bond donors (Lipinski definition) is 2. The summed E-state index contributed by atoms with van der Waals surface area (Å²) in [6, 6.07) is 8.58. The van der Waals surface area contributed by atoms with Gasteiger partial charge in [-0.15, -0.1) is 0 Å². The minimum absolute atomic E-state index is 0.0464. The zero-order chi connectivity index (χ0) is 12.6. The molecule has 1 saturated carbocycles. The number of carbonyl (C=O) groups is 1. The Kier molecular flexibility index (Phi) is 2.96. The lowest BCUT2D eigenvalue weighted by Crippen LogP contribution is -2.31. The molecule has 0 aromatic heterocycles. The molecule has 2 rings (SSSR count). The van der Waals surface area contributed by atoms with Gasteiger partial charge in [-0.3, -0.25) is 10.2 Å². The minimum Gasteiger partial charge on any atom is -0.294 e. The van der Waals surface area contributed by atoms with Gasteiger partial charge in [-0.05, 0) is 28.9 Å².